The standard InChI is InChI=1S/C25H18N2O4S/c28-24(29)15-9-10-22(20(13-15)23-26-11-12-32-23)27-25(30)31-14-21-18-7-3-1-5-16(18)17-6-2-4-8-19(17)21/h1-13,21H,14H2,(H,27,30)(H,28,29). The lowest BCUT2D eigenvalue weighted by Gasteiger charge is -2.15. The van der Waals surface area contributed by atoms with Gasteiger partial charge in [-0.1, -0.05) is 48.5 Å². The van der Waals surface area contributed by atoms with Gasteiger partial charge in [0.25, 0.3) is 0 Å². The molecule has 0 bridgehead atoms. The van der Waals surface area contributed by atoms with E-state index in [9.17, 15) is 14.7 Å². The van der Waals surface area contributed by atoms with E-state index in [-0.39, 0.29) is 18.1 Å². The monoisotopic (exact) mass is 442 g/mol. The van der Waals surface area contributed by atoms with Crippen LogP contribution in [0.2, 0.25) is 0 Å². The van der Waals surface area contributed by atoms with E-state index in [1.807, 2.05) is 24.3 Å². The number of hydrogen-bond donors (Lipinski definition) is 2. The second kappa shape index (κ2) is 8.28. The maximum Gasteiger partial charge on any atom is 0.411 e. The zero-order valence-corrected chi connectivity index (χ0v) is 17.6. The van der Waals surface area contributed by atoms with E-state index in [0.717, 1.165) is 22.3 Å². The maximum atomic E-state index is 12.7. The van der Waals surface area contributed by atoms with Crippen LogP contribution in [0.25, 0.3) is 21.7 Å². The fourth-order valence-electron chi connectivity index (χ4n) is 4.06. The van der Waals surface area contributed by atoms with Gasteiger partial charge in [0.2, 0.25) is 0 Å². The van der Waals surface area contributed by atoms with Crippen LogP contribution in [0.5, 0.6) is 0 Å². The van der Waals surface area contributed by atoms with Crippen LogP contribution in [-0.4, -0.2) is 28.8 Å². The summed E-state index contributed by atoms with van der Waals surface area (Å²) in [6.45, 7) is 0.194. The molecule has 32 heavy (non-hydrogen) atoms. The fourth-order valence-corrected chi connectivity index (χ4v) is 4.73. The molecule has 3 aromatic carbocycles. The van der Waals surface area contributed by atoms with Gasteiger partial charge in [-0.25, -0.2) is 14.6 Å². The predicted molar refractivity (Wildman–Crippen MR) is 123 cm³/mol. The van der Waals surface area contributed by atoms with Crippen LogP contribution in [0.3, 0.4) is 0 Å². The molecule has 1 aromatic heterocycles. The van der Waals surface area contributed by atoms with Gasteiger partial charge in [-0.05, 0) is 40.5 Å². The second-order valence-electron chi connectivity index (χ2n) is 7.35. The topological polar surface area (TPSA) is 88.5 Å². The zero-order valence-electron chi connectivity index (χ0n) is 16.8. The largest absolute Gasteiger partial charge is 0.478 e. The number of nitrogens with zero attached hydrogens (tertiary/aromatic N) is 1. The summed E-state index contributed by atoms with van der Waals surface area (Å²) in [5.41, 5.74) is 5.69. The van der Waals surface area contributed by atoms with Crippen molar-refractivity contribution in [2.24, 2.45) is 0 Å². The van der Waals surface area contributed by atoms with Gasteiger partial charge in [-0.2, -0.15) is 0 Å². The molecule has 0 unspecified atom stereocenters. The Hall–Kier alpha value is -3.97. The van der Waals surface area contributed by atoms with Crippen molar-refractivity contribution in [1.82, 2.24) is 4.98 Å². The summed E-state index contributed by atoms with van der Waals surface area (Å²) >= 11 is 1.36. The van der Waals surface area contributed by atoms with Crippen LogP contribution in [-0.2, 0) is 4.74 Å². The molecule has 1 aliphatic rings. The lowest BCUT2D eigenvalue weighted by atomic mass is 9.98. The van der Waals surface area contributed by atoms with Crippen molar-refractivity contribution in [1.29, 1.82) is 0 Å². The molecule has 0 radical (unpaired) electrons. The van der Waals surface area contributed by atoms with Crippen LogP contribution in [0, 0.1) is 0 Å². The highest BCUT2D eigenvalue weighted by Crippen LogP contribution is 2.44. The Bertz CT molecular complexity index is 1270. The summed E-state index contributed by atoms with van der Waals surface area (Å²) in [7, 11) is 0. The Morgan fingerprint density at radius 1 is 0.969 bits per heavy atom. The summed E-state index contributed by atoms with van der Waals surface area (Å²) < 4.78 is 5.61. The van der Waals surface area contributed by atoms with Crippen LogP contribution in [0.1, 0.15) is 27.4 Å². The Labute approximate surface area is 188 Å². The predicted octanol–water partition coefficient (Wildman–Crippen LogP) is 5.87. The van der Waals surface area contributed by atoms with Gasteiger partial charge in [0, 0.05) is 23.1 Å². The number of aromatic carboxylic acids is 1. The average Bonchev–Trinajstić information content (AvgIpc) is 3.45. The third-order valence-corrected chi connectivity index (χ3v) is 6.32. The van der Waals surface area contributed by atoms with Crippen molar-refractivity contribution in [2.45, 2.75) is 5.92 Å². The minimum atomic E-state index is -1.05. The van der Waals surface area contributed by atoms with Gasteiger partial charge >= 0.3 is 12.1 Å². The van der Waals surface area contributed by atoms with Gasteiger partial charge in [0.05, 0.1) is 11.3 Å². The Kier molecular flexibility index (Phi) is 5.17. The number of carboxylic acids is 1. The first-order valence-electron chi connectivity index (χ1n) is 10.0. The Balaban J connectivity index is 1.36. The van der Waals surface area contributed by atoms with Crippen LogP contribution < -0.4 is 5.32 Å². The number of carboxylic acid groups (broad SMARTS) is 1. The smallest absolute Gasteiger partial charge is 0.411 e. The third kappa shape index (κ3) is 3.63. The molecule has 1 amide bonds. The molecule has 0 fully saturated rings. The van der Waals surface area contributed by atoms with E-state index in [0.29, 0.717) is 16.3 Å². The summed E-state index contributed by atoms with van der Waals surface area (Å²) in [4.78, 5) is 28.3. The van der Waals surface area contributed by atoms with Crippen LogP contribution >= 0.6 is 11.3 Å². The first kappa shape index (κ1) is 20.0. The summed E-state index contributed by atoms with van der Waals surface area (Å²) in [5, 5.41) is 14.5. The molecule has 6 nitrogen and oxygen atoms in total. The van der Waals surface area contributed by atoms with Crippen LogP contribution in [0.4, 0.5) is 10.5 Å². The molecule has 0 saturated heterocycles. The van der Waals surface area contributed by atoms with Crippen molar-refractivity contribution in [3.63, 3.8) is 0 Å². The number of nitrogens with one attached hydrogen (secondary N) is 1. The first-order chi connectivity index (χ1) is 15.6. The zero-order chi connectivity index (χ0) is 22.1. The quantitative estimate of drug-likeness (QED) is 0.404. The number of anilines is 1. The molecular formula is C25H18N2O4S. The van der Waals surface area contributed by atoms with Crippen molar-refractivity contribution in [3.05, 3.63) is 95.0 Å². The van der Waals surface area contributed by atoms with E-state index in [2.05, 4.69) is 34.6 Å². The number of thiazole rings is 1. The number of ether oxygens (including phenoxy) is 1. The highest BCUT2D eigenvalue weighted by Gasteiger charge is 2.29. The number of carbonyl (C=O) groups excluding carboxylic acids is 1. The summed E-state index contributed by atoms with van der Waals surface area (Å²) in [5.74, 6) is -1.09. The Morgan fingerprint density at radius 2 is 1.66 bits per heavy atom. The molecule has 1 aliphatic carbocycles. The fraction of sp³-hybridized carbons (Fsp3) is 0.0800. The molecule has 0 spiro atoms. The Morgan fingerprint density at radius 3 is 2.28 bits per heavy atom. The van der Waals surface area contributed by atoms with Gasteiger partial charge < -0.3 is 9.84 Å². The van der Waals surface area contributed by atoms with Crippen molar-refractivity contribution in [3.8, 4) is 21.7 Å². The van der Waals surface area contributed by atoms with Crippen molar-refractivity contribution in [2.75, 3.05) is 11.9 Å². The summed E-state index contributed by atoms with van der Waals surface area (Å²) in [6.07, 6.45) is 1.03. The normalized spacial score (nSPS) is 12.1. The van der Waals surface area contributed by atoms with Crippen molar-refractivity contribution < 1.29 is 19.4 Å². The number of carbonyl (C=O) groups is 2. The molecule has 2 N–H and O–H groups in total. The molecule has 158 valence electrons. The molecular weight excluding hydrogens is 424 g/mol. The summed E-state index contributed by atoms with van der Waals surface area (Å²) in [6, 6.07) is 20.8. The highest BCUT2D eigenvalue weighted by atomic mass is 32.1. The lowest BCUT2D eigenvalue weighted by molar-refractivity contribution is 0.0697. The maximum absolute atomic E-state index is 12.7. The molecule has 7 heteroatoms. The number of rotatable bonds is 5. The number of amides is 1. The van der Waals surface area contributed by atoms with E-state index in [1.54, 1.807) is 17.6 Å². The van der Waals surface area contributed by atoms with E-state index >= 15 is 0 Å². The van der Waals surface area contributed by atoms with Gasteiger partial charge in [-0.15, -0.1) is 11.3 Å². The molecule has 5 rings (SSSR count). The van der Waals surface area contributed by atoms with E-state index in [4.69, 9.17) is 4.74 Å². The minimum Gasteiger partial charge on any atom is -0.478 e. The first-order valence-corrected chi connectivity index (χ1v) is 10.9. The number of fused-ring (bicyclic) bond motifs is 3. The highest BCUT2D eigenvalue weighted by molar-refractivity contribution is 7.13. The number of aromatic nitrogens is 1. The van der Waals surface area contributed by atoms with Gasteiger partial charge in [0.1, 0.15) is 11.6 Å². The SMILES string of the molecule is O=C(Nc1ccc(C(=O)O)cc1-c1nccs1)OCC1c2ccccc2-c2ccccc21. The molecule has 0 saturated carbocycles. The van der Waals surface area contributed by atoms with Crippen molar-refractivity contribution >= 4 is 29.1 Å². The molecule has 1 heterocycles. The second-order valence-corrected chi connectivity index (χ2v) is 8.25. The lowest BCUT2D eigenvalue weighted by Crippen LogP contribution is -2.18. The van der Waals surface area contributed by atoms with E-state index < -0.39 is 12.1 Å². The number of hydrogen-bond acceptors (Lipinski definition) is 5. The average molecular weight is 442 g/mol. The molecule has 0 atom stereocenters. The number of benzene rings is 3. The van der Waals surface area contributed by atoms with Gasteiger partial charge in [0.15, 0.2) is 0 Å². The van der Waals surface area contributed by atoms with Crippen LogP contribution in [0.15, 0.2) is 78.3 Å². The van der Waals surface area contributed by atoms with E-state index in [1.165, 1.54) is 23.5 Å². The molecule has 0 aliphatic heterocycles. The molecule has 4 aromatic rings. The van der Waals surface area contributed by atoms with Gasteiger partial charge in [-0.3, -0.25) is 5.32 Å². The third-order valence-electron chi connectivity index (χ3n) is 5.51. The minimum absolute atomic E-state index is 0.0408.